The average molecular weight is 500 g/mol. The van der Waals surface area contributed by atoms with Crippen molar-refractivity contribution < 1.29 is 9.18 Å². The van der Waals surface area contributed by atoms with Crippen LogP contribution in [0.5, 0.6) is 0 Å². The molecule has 2 saturated heterocycles. The van der Waals surface area contributed by atoms with Gasteiger partial charge >= 0.3 is 0 Å². The Balaban J connectivity index is 1.13. The minimum absolute atomic E-state index is 0.109. The molecule has 0 unspecified atom stereocenters. The Morgan fingerprint density at radius 3 is 2.46 bits per heavy atom. The van der Waals surface area contributed by atoms with E-state index >= 15 is 4.39 Å². The summed E-state index contributed by atoms with van der Waals surface area (Å²) in [6, 6.07) is 13.7. The number of alkyl halides is 1. The smallest absolute Gasteiger partial charge is 0.260 e. The lowest BCUT2D eigenvalue weighted by atomic mass is 9.90. The maximum absolute atomic E-state index is 15.9. The number of nitrogens with zero attached hydrogens (tertiary/aromatic N) is 7. The van der Waals surface area contributed by atoms with Crippen LogP contribution in [0.25, 0.3) is 22.7 Å². The van der Waals surface area contributed by atoms with E-state index in [1.54, 1.807) is 23.5 Å². The van der Waals surface area contributed by atoms with E-state index in [-0.39, 0.29) is 24.8 Å². The predicted octanol–water partition coefficient (Wildman–Crippen LogP) is 4.06. The highest BCUT2D eigenvalue weighted by molar-refractivity contribution is 5.85. The van der Waals surface area contributed by atoms with Crippen LogP contribution in [0.4, 0.5) is 4.39 Å². The van der Waals surface area contributed by atoms with Crippen LogP contribution in [0.2, 0.25) is 0 Å². The van der Waals surface area contributed by atoms with Crippen molar-refractivity contribution in [1.29, 1.82) is 0 Å². The zero-order chi connectivity index (χ0) is 25.2. The van der Waals surface area contributed by atoms with E-state index in [2.05, 4.69) is 24.4 Å². The highest BCUT2D eigenvalue weighted by Gasteiger charge is 2.45. The Kier molecular flexibility index (Phi) is 6.38. The van der Waals surface area contributed by atoms with Crippen molar-refractivity contribution in [3.05, 3.63) is 72.8 Å². The lowest BCUT2D eigenvalue weighted by Gasteiger charge is -2.40. The van der Waals surface area contributed by atoms with Crippen molar-refractivity contribution >= 4 is 17.1 Å². The molecule has 0 N–H and O–H groups in total. The van der Waals surface area contributed by atoms with Crippen LogP contribution in [0.1, 0.15) is 37.3 Å². The molecule has 0 spiro atoms. The van der Waals surface area contributed by atoms with Gasteiger partial charge in [-0.05, 0) is 48.7 Å². The first-order valence-electron chi connectivity index (χ1n) is 12.9. The third-order valence-electron chi connectivity index (χ3n) is 7.62. The number of hydrogen-bond acceptors (Lipinski definition) is 6. The lowest BCUT2D eigenvalue weighted by molar-refractivity contribution is -0.148. The van der Waals surface area contributed by atoms with Gasteiger partial charge in [-0.15, -0.1) is 0 Å². The zero-order valence-corrected chi connectivity index (χ0v) is 20.7. The van der Waals surface area contributed by atoms with Gasteiger partial charge in [0.25, 0.3) is 5.91 Å². The van der Waals surface area contributed by atoms with Crippen LogP contribution in [0, 0.1) is 0 Å². The molecule has 0 saturated carbocycles. The number of carbonyl (C=O) groups excluding carboxylic acids is 1. The average Bonchev–Trinajstić information content (AvgIpc) is 3.35. The van der Waals surface area contributed by atoms with Crippen LogP contribution < -0.4 is 0 Å². The molecule has 2 aliphatic rings. The fraction of sp³-hybridized carbons (Fsp3) is 0.393. The second-order valence-corrected chi connectivity index (χ2v) is 9.99. The fourth-order valence-electron chi connectivity index (χ4n) is 5.59. The van der Waals surface area contributed by atoms with E-state index in [1.807, 2.05) is 48.7 Å². The molecule has 6 rings (SSSR count). The molecule has 6 heterocycles. The van der Waals surface area contributed by atoms with Crippen LogP contribution in [-0.4, -0.2) is 72.1 Å². The molecule has 1 amide bonds. The number of fused-ring (bicyclic) bond motifs is 1. The number of rotatable bonds is 5. The molecule has 0 aliphatic carbocycles. The molecule has 0 atom stereocenters. The summed E-state index contributed by atoms with van der Waals surface area (Å²) in [6.07, 6.45) is 9.01. The van der Waals surface area contributed by atoms with Crippen molar-refractivity contribution in [3.8, 4) is 11.5 Å². The highest BCUT2D eigenvalue weighted by atomic mass is 19.1. The van der Waals surface area contributed by atoms with Gasteiger partial charge in [-0.3, -0.25) is 19.7 Å². The number of piperidine rings is 2. The maximum atomic E-state index is 15.9. The summed E-state index contributed by atoms with van der Waals surface area (Å²) in [4.78, 5) is 35.3. The molecule has 37 heavy (non-hydrogen) atoms. The lowest BCUT2D eigenvalue weighted by Crippen LogP contribution is -2.53. The number of halogens is 1. The van der Waals surface area contributed by atoms with Gasteiger partial charge in [0.15, 0.2) is 17.1 Å². The third kappa shape index (κ3) is 4.71. The van der Waals surface area contributed by atoms with Gasteiger partial charge in [-0.1, -0.05) is 12.1 Å². The summed E-state index contributed by atoms with van der Waals surface area (Å²) in [5.41, 5.74) is 1.74. The number of aromatic nitrogens is 5. The van der Waals surface area contributed by atoms with Gasteiger partial charge in [-0.2, -0.15) is 0 Å². The molecule has 2 fully saturated rings. The summed E-state index contributed by atoms with van der Waals surface area (Å²) < 4.78 is 18.0. The van der Waals surface area contributed by atoms with Gasteiger partial charge in [0, 0.05) is 76.4 Å². The number of carbonyl (C=O) groups is 1. The van der Waals surface area contributed by atoms with Gasteiger partial charge in [0.05, 0.1) is 0 Å². The largest absolute Gasteiger partial charge is 0.340 e. The summed E-state index contributed by atoms with van der Waals surface area (Å²) in [7, 11) is 0. The van der Waals surface area contributed by atoms with Crippen molar-refractivity contribution in [1.82, 2.24) is 34.3 Å². The highest BCUT2D eigenvalue weighted by Crippen LogP contribution is 2.35. The first-order chi connectivity index (χ1) is 18.1. The van der Waals surface area contributed by atoms with Crippen LogP contribution >= 0.6 is 0 Å². The minimum atomic E-state index is -1.79. The summed E-state index contributed by atoms with van der Waals surface area (Å²) in [5, 5.41) is 0. The molecule has 9 heteroatoms. The summed E-state index contributed by atoms with van der Waals surface area (Å²) >= 11 is 0. The van der Waals surface area contributed by atoms with Crippen molar-refractivity contribution in [2.75, 3.05) is 26.2 Å². The molecular weight excluding hydrogens is 469 g/mol. The van der Waals surface area contributed by atoms with Crippen LogP contribution in [-0.2, 0) is 11.3 Å². The van der Waals surface area contributed by atoms with E-state index < -0.39 is 5.67 Å². The van der Waals surface area contributed by atoms with E-state index in [0.717, 1.165) is 47.6 Å². The minimum Gasteiger partial charge on any atom is -0.340 e. The van der Waals surface area contributed by atoms with E-state index in [9.17, 15) is 4.79 Å². The van der Waals surface area contributed by atoms with E-state index in [1.165, 1.54) is 0 Å². The first-order valence-corrected chi connectivity index (χ1v) is 12.9. The SMILES string of the molecule is O=C(N1CCC(n2c(-c3ccccn3)nc3cccnc32)CC1)C1(F)CCN(Cc2cccnc2)CC1. The Morgan fingerprint density at radius 2 is 1.73 bits per heavy atom. The van der Waals surface area contributed by atoms with Gasteiger partial charge in [0.1, 0.15) is 11.2 Å². The fourth-order valence-corrected chi connectivity index (χ4v) is 5.59. The van der Waals surface area contributed by atoms with Crippen molar-refractivity contribution in [3.63, 3.8) is 0 Å². The number of imidazole rings is 1. The third-order valence-corrected chi connectivity index (χ3v) is 7.62. The Labute approximate surface area is 215 Å². The molecular formula is C28H30FN7O. The Morgan fingerprint density at radius 1 is 0.946 bits per heavy atom. The normalized spacial score (nSPS) is 18.8. The topological polar surface area (TPSA) is 80.0 Å². The maximum Gasteiger partial charge on any atom is 0.260 e. The molecule has 4 aromatic heterocycles. The second kappa shape index (κ2) is 9.97. The molecule has 0 radical (unpaired) electrons. The molecule has 4 aromatic rings. The first kappa shape index (κ1) is 23.7. The standard InChI is InChI=1S/C28H30FN7O/c29-28(10-17-34(18-11-28)20-21-5-3-12-30-19-21)27(37)35-15-8-22(9-16-35)36-25-24(7-4-14-32-25)33-26(36)23-6-1-2-13-31-23/h1-7,12-14,19,22H,8-11,15-18,20H2. The zero-order valence-electron chi connectivity index (χ0n) is 20.7. The number of pyridine rings is 3. The molecule has 0 bridgehead atoms. The van der Waals surface area contributed by atoms with Gasteiger partial charge < -0.3 is 9.47 Å². The quantitative estimate of drug-likeness (QED) is 0.412. The molecule has 0 aromatic carbocycles. The monoisotopic (exact) mass is 499 g/mol. The van der Waals surface area contributed by atoms with Gasteiger partial charge in [0.2, 0.25) is 0 Å². The summed E-state index contributed by atoms with van der Waals surface area (Å²) in [5.74, 6) is 0.424. The van der Waals surface area contributed by atoms with Crippen LogP contribution in [0.15, 0.2) is 67.3 Å². The Bertz CT molecular complexity index is 1360. The summed E-state index contributed by atoms with van der Waals surface area (Å²) in [6.45, 7) is 2.89. The second-order valence-electron chi connectivity index (χ2n) is 9.99. The number of likely N-dealkylation sites (tertiary alicyclic amines) is 2. The van der Waals surface area contributed by atoms with Crippen molar-refractivity contribution in [2.24, 2.45) is 0 Å². The number of hydrogen-bond donors (Lipinski definition) is 0. The van der Waals surface area contributed by atoms with Crippen LogP contribution in [0.3, 0.4) is 0 Å². The van der Waals surface area contributed by atoms with Crippen molar-refractivity contribution in [2.45, 2.75) is 43.9 Å². The Hall–Kier alpha value is -3.72. The molecule has 8 nitrogen and oxygen atoms in total. The van der Waals surface area contributed by atoms with E-state index in [0.29, 0.717) is 26.2 Å². The van der Waals surface area contributed by atoms with E-state index in [4.69, 9.17) is 4.98 Å². The van der Waals surface area contributed by atoms with Gasteiger partial charge in [-0.25, -0.2) is 14.4 Å². The predicted molar refractivity (Wildman–Crippen MR) is 138 cm³/mol. The molecule has 190 valence electrons. The number of amides is 1. The molecule has 2 aliphatic heterocycles.